The molecule has 1 heteroatoms. The van der Waals surface area contributed by atoms with E-state index in [9.17, 15) is 0 Å². The zero-order valence-electron chi connectivity index (χ0n) is 29.0. The quantitative estimate of drug-likeness (QED) is 0.122. The van der Waals surface area contributed by atoms with Gasteiger partial charge in [0.1, 0.15) is 0 Å². The van der Waals surface area contributed by atoms with Crippen molar-refractivity contribution in [2.24, 2.45) is 0 Å². The Bertz CT molecular complexity index is 2860. The summed E-state index contributed by atoms with van der Waals surface area (Å²) in [5, 5.41) is 15.9. The highest BCUT2D eigenvalue weighted by Crippen LogP contribution is 2.64. The first kappa shape index (κ1) is 30.2. The predicted octanol–water partition coefficient (Wildman–Crippen LogP) is 14.6. The summed E-state index contributed by atoms with van der Waals surface area (Å²) < 4.78 is 0. The molecule has 0 N–H and O–H groups in total. The van der Waals surface area contributed by atoms with E-state index in [0.29, 0.717) is 0 Å². The number of hydrogen-bond acceptors (Lipinski definition) is 0. The molecule has 0 atom stereocenters. The Balaban J connectivity index is 1.16. The van der Waals surface area contributed by atoms with Gasteiger partial charge in [-0.3, -0.25) is 0 Å². The SMILES string of the molecule is CCS(CC)(c1ccc(-c2c3ccccc3c(-c3ccc4ccccc4c3)c3ccccc23)cc1)c1ccc2ccc3cccc4ccc1c2c34. The average molecular weight is 671 g/mol. The fourth-order valence-electron chi connectivity index (χ4n) is 9.00. The van der Waals surface area contributed by atoms with E-state index in [1.807, 2.05) is 0 Å². The fraction of sp³-hybridized carbons (Fsp3) is 0.0800. The molecule has 0 aliphatic heterocycles. The number of hydrogen-bond donors (Lipinski definition) is 0. The lowest BCUT2D eigenvalue weighted by Crippen LogP contribution is -2.09. The van der Waals surface area contributed by atoms with Gasteiger partial charge in [0.25, 0.3) is 0 Å². The van der Waals surface area contributed by atoms with Gasteiger partial charge in [-0.15, -0.1) is 0 Å². The average Bonchev–Trinajstić information content (AvgIpc) is 3.20. The predicted molar refractivity (Wildman–Crippen MR) is 225 cm³/mol. The highest BCUT2D eigenvalue weighted by Gasteiger charge is 2.28. The molecule has 0 spiro atoms. The summed E-state index contributed by atoms with van der Waals surface area (Å²) in [5.41, 5.74) is 5.15. The molecule has 0 bridgehead atoms. The van der Waals surface area contributed by atoms with Crippen molar-refractivity contribution in [3.8, 4) is 22.3 Å². The summed E-state index contributed by atoms with van der Waals surface area (Å²) in [4.78, 5) is 2.98. The van der Waals surface area contributed by atoms with Gasteiger partial charge in [0.15, 0.2) is 0 Å². The van der Waals surface area contributed by atoms with Gasteiger partial charge < -0.3 is 0 Å². The largest absolute Gasteiger partial charge is 0.188 e. The van der Waals surface area contributed by atoms with Crippen molar-refractivity contribution < 1.29 is 0 Å². The lowest BCUT2D eigenvalue weighted by molar-refractivity contribution is 1.29. The van der Waals surface area contributed by atoms with E-state index in [4.69, 9.17) is 0 Å². The molecule has 10 aromatic rings. The molecule has 0 radical (unpaired) electrons. The normalized spacial score (nSPS) is 12.6. The molecule has 0 fully saturated rings. The maximum absolute atomic E-state index is 2.45. The summed E-state index contributed by atoms with van der Waals surface area (Å²) in [6.07, 6.45) is 0. The molecule has 10 aromatic carbocycles. The summed E-state index contributed by atoms with van der Waals surface area (Å²) in [6.45, 7) is 4.80. The van der Waals surface area contributed by atoms with Crippen molar-refractivity contribution in [3.63, 3.8) is 0 Å². The molecule has 0 aliphatic rings. The second kappa shape index (κ2) is 11.7. The van der Waals surface area contributed by atoms with E-state index in [2.05, 4.69) is 184 Å². The van der Waals surface area contributed by atoms with Crippen molar-refractivity contribution in [1.29, 1.82) is 0 Å². The smallest absolute Gasteiger partial charge is 0.00201 e. The van der Waals surface area contributed by atoms with Crippen LogP contribution < -0.4 is 0 Å². The summed E-state index contributed by atoms with van der Waals surface area (Å²) in [7, 11) is -1.30. The van der Waals surface area contributed by atoms with E-state index in [1.54, 1.807) is 0 Å². The first-order chi connectivity index (χ1) is 25.2. The molecular weight excluding hydrogens is 633 g/mol. The second-order valence-electron chi connectivity index (χ2n) is 13.8. The fourth-order valence-corrected chi connectivity index (χ4v) is 12.5. The zero-order chi connectivity index (χ0) is 34.1. The van der Waals surface area contributed by atoms with Gasteiger partial charge in [-0.1, -0.05) is 159 Å². The molecule has 0 aromatic heterocycles. The molecular formula is C50H38S. The summed E-state index contributed by atoms with van der Waals surface area (Å²) >= 11 is 0. The molecule has 0 heterocycles. The third kappa shape index (κ3) is 4.48. The van der Waals surface area contributed by atoms with E-state index in [1.165, 1.54) is 96.7 Å². The van der Waals surface area contributed by atoms with Gasteiger partial charge in [-0.25, -0.2) is 0 Å². The maximum atomic E-state index is 2.45. The Morgan fingerprint density at radius 3 is 1.45 bits per heavy atom. The van der Waals surface area contributed by atoms with Crippen LogP contribution in [-0.2, 0) is 0 Å². The second-order valence-corrected chi connectivity index (χ2v) is 17.6. The van der Waals surface area contributed by atoms with Crippen LogP contribution in [0.3, 0.4) is 0 Å². The highest BCUT2D eigenvalue weighted by molar-refractivity contribution is 8.33. The van der Waals surface area contributed by atoms with Crippen LogP contribution >= 0.6 is 10.0 Å². The molecule has 0 aliphatic carbocycles. The van der Waals surface area contributed by atoms with Gasteiger partial charge in [0.05, 0.1) is 0 Å². The van der Waals surface area contributed by atoms with Crippen LogP contribution in [0.15, 0.2) is 180 Å². The summed E-state index contributed by atoms with van der Waals surface area (Å²) in [6, 6.07) is 64.1. The Morgan fingerprint density at radius 1 is 0.353 bits per heavy atom. The molecule has 0 amide bonds. The minimum atomic E-state index is -1.30. The van der Waals surface area contributed by atoms with E-state index in [-0.39, 0.29) is 0 Å². The minimum Gasteiger partial charge on any atom is -0.188 e. The number of benzene rings is 10. The van der Waals surface area contributed by atoms with Crippen LogP contribution in [0.25, 0.3) is 86.9 Å². The Kier molecular flexibility index (Phi) is 6.95. The molecule has 244 valence electrons. The van der Waals surface area contributed by atoms with Crippen LogP contribution in [0.1, 0.15) is 13.8 Å². The third-order valence-corrected chi connectivity index (χ3v) is 15.8. The highest BCUT2D eigenvalue weighted by atomic mass is 32.3. The summed E-state index contributed by atoms with van der Waals surface area (Å²) in [5.74, 6) is 2.22. The molecule has 0 saturated heterocycles. The van der Waals surface area contributed by atoms with Crippen molar-refractivity contribution in [1.82, 2.24) is 0 Å². The number of rotatable bonds is 6. The van der Waals surface area contributed by atoms with Gasteiger partial charge in [-0.2, -0.15) is 10.0 Å². The lowest BCUT2D eigenvalue weighted by atomic mass is 9.85. The molecule has 0 saturated carbocycles. The first-order valence-corrected chi connectivity index (χ1v) is 20.1. The van der Waals surface area contributed by atoms with Crippen molar-refractivity contribution in [2.45, 2.75) is 23.6 Å². The minimum absolute atomic E-state index is 1.11. The van der Waals surface area contributed by atoms with Gasteiger partial charge in [-0.05, 0) is 128 Å². The molecule has 10 rings (SSSR count). The maximum Gasteiger partial charge on any atom is 0.00201 e. The standard InChI is InChI=1S/C50H38S/c1-3-51(4-2,46-31-27-37-22-21-34-14-11-15-35-26-30-45(46)50(37)47(34)35)40-28-24-36(25-29-40)48-41-16-7-9-18-43(41)49(44-19-10-8-17-42(44)48)39-23-20-33-12-5-6-13-38(33)32-39/h5-32H,3-4H2,1-2H3. The zero-order valence-corrected chi connectivity index (χ0v) is 29.8. The van der Waals surface area contributed by atoms with Gasteiger partial charge in [0.2, 0.25) is 0 Å². The Hall–Kier alpha value is -5.63. The van der Waals surface area contributed by atoms with E-state index >= 15 is 0 Å². The first-order valence-electron chi connectivity index (χ1n) is 18.2. The van der Waals surface area contributed by atoms with Crippen LogP contribution in [-0.4, -0.2) is 11.5 Å². The van der Waals surface area contributed by atoms with Crippen LogP contribution in [0.4, 0.5) is 0 Å². The third-order valence-electron chi connectivity index (χ3n) is 11.5. The van der Waals surface area contributed by atoms with Crippen LogP contribution in [0.2, 0.25) is 0 Å². The topological polar surface area (TPSA) is 0 Å². The van der Waals surface area contributed by atoms with E-state index < -0.39 is 10.0 Å². The molecule has 0 nitrogen and oxygen atoms in total. The van der Waals surface area contributed by atoms with Crippen molar-refractivity contribution in [3.05, 3.63) is 170 Å². The lowest BCUT2D eigenvalue weighted by Gasteiger charge is -2.40. The number of fused-ring (bicyclic) bond motifs is 3. The Labute approximate surface area is 300 Å². The van der Waals surface area contributed by atoms with Gasteiger partial charge in [0, 0.05) is 4.90 Å². The van der Waals surface area contributed by atoms with E-state index in [0.717, 1.165) is 11.5 Å². The van der Waals surface area contributed by atoms with Gasteiger partial charge >= 0.3 is 0 Å². The van der Waals surface area contributed by atoms with Crippen molar-refractivity contribution >= 4 is 74.7 Å². The van der Waals surface area contributed by atoms with Crippen LogP contribution in [0, 0.1) is 0 Å². The molecule has 51 heavy (non-hydrogen) atoms. The molecule has 0 unspecified atom stereocenters. The van der Waals surface area contributed by atoms with Crippen LogP contribution in [0.5, 0.6) is 0 Å². The Morgan fingerprint density at radius 2 is 0.824 bits per heavy atom. The van der Waals surface area contributed by atoms with Crippen molar-refractivity contribution in [2.75, 3.05) is 11.5 Å². The monoisotopic (exact) mass is 670 g/mol.